The monoisotopic (exact) mass is 1070 g/mol. The van der Waals surface area contributed by atoms with Crippen molar-refractivity contribution < 1.29 is 80.5 Å². The van der Waals surface area contributed by atoms with Crippen molar-refractivity contribution >= 4 is 69.1 Å². The lowest BCUT2D eigenvalue weighted by atomic mass is 9.87. The molecule has 0 aliphatic carbocycles. The highest BCUT2D eigenvalue weighted by atomic mass is 32.2. The second-order valence-electron chi connectivity index (χ2n) is 16.2. The van der Waals surface area contributed by atoms with Crippen LogP contribution in [0.25, 0.3) is 11.2 Å². The molecule has 2 unspecified atom stereocenters. The minimum atomic E-state index is -5.93. The van der Waals surface area contributed by atoms with Gasteiger partial charge in [0.25, 0.3) is 15.6 Å². The summed E-state index contributed by atoms with van der Waals surface area (Å²) in [6.45, 7) is 2.20. The number of phosphoric acid groups is 3. The van der Waals surface area contributed by atoms with Crippen LogP contribution in [0.4, 0.5) is 5.82 Å². The number of aliphatic hydroxyl groups excluding tert-OH is 2. The summed E-state index contributed by atoms with van der Waals surface area (Å²) >= 11 is 1.08. The Hall–Kier alpha value is -4.00. The maximum absolute atomic E-state index is 12.6. The van der Waals surface area contributed by atoms with Gasteiger partial charge in [-0.3, -0.25) is 28.1 Å². The highest BCUT2D eigenvalue weighted by Crippen LogP contribution is 2.56. The van der Waals surface area contributed by atoms with E-state index < -0.39 is 84.6 Å². The molecule has 71 heavy (non-hydrogen) atoms. The fraction of sp³-hybridized carbons (Fsp3) is 0.535. The number of hydrogen-bond donors (Lipinski definition) is 5. The van der Waals surface area contributed by atoms with Gasteiger partial charge in [0, 0.05) is 37.1 Å². The number of imidazole rings is 1. The molecule has 24 nitrogen and oxygen atoms in total. The SMILES string of the molecule is CC/C=C\C/C=C\C/C=C\C/C=C\C/C=C\C/C=C\CCC(=O)SCCNC(=O)CCNC(=O)[C@H](O)C(C)(C)COP(=O)([O-])OP(=O)([O-])OC[C@H]1O[C@@H](n2cnc3c(N)ncnc32)[C@H](O)[C@@H]1OP(=O)([O-])[O-]. The van der Waals surface area contributed by atoms with Crippen molar-refractivity contribution in [1.82, 2.24) is 30.2 Å². The Labute approximate surface area is 416 Å². The lowest BCUT2D eigenvalue weighted by Crippen LogP contribution is -2.46. The van der Waals surface area contributed by atoms with E-state index in [4.69, 9.17) is 10.5 Å². The van der Waals surface area contributed by atoms with Crippen molar-refractivity contribution in [2.45, 2.75) is 109 Å². The van der Waals surface area contributed by atoms with Gasteiger partial charge in [0.1, 0.15) is 36.3 Å². The summed E-state index contributed by atoms with van der Waals surface area (Å²) < 4.78 is 60.8. The third-order valence-electron chi connectivity index (χ3n) is 9.85. The minimum absolute atomic E-state index is 0.0227. The Morgan fingerprint density at radius 1 is 0.859 bits per heavy atom. The molecule has 7 atom stereocenters. The molecule has 1 fully saturated rings. The number of fused-ring (bicyclic) bond motifs is 1. The number of amides is 2. The number of nitrogens with zero attached hydrogens (tertiary/aromatic N) is 4. The average molecular weight is 1070 g/mol. The van der Waals surface area contributed by atoms with Crippen molar-refractivity contribution in [3.8, 4) is 0 Å². The number of aliphatic hydroxyl groups is 2. The molecule has 1 saturated heterocycles. The van der Waals surface area contributed by atoms with E-state index in [0.717, 1.165) is 67.5 Å². The van der Waals surface area contributed by atoms with E-state index in [1.807, 2.05) is 12.2 Å². The van der Waals surface area contributed by atoms with Crippen LogP contribution in [0.1, 0.15) is 84.8 Å². The zero-order valence-electron chi connectivity index (χ0n) is 39.5. The topological polar surface area (TPSA) is 375 Å². The van der Waals surface area contributed by atoms with E-state index in [0.29, 0.717) is 18.6 Å². The number of allylic oxidation sites excluding steroid dienone is 12. The van der Waals surface area contributed by atoms with Gasteiger partial charge in [-0.05, 0) is 44.9 Å². The van der Waals surface area contributed by atoms with Gasteiger partial charge in [-0.1, -0.05) is 105 Å². The molecule has 396 valence electrons. The number of phosphoric ester groups is 3. The number of thioether (sulfide) groups is 1. The van der Waals surface area contributed by atoms with Crippen LogP contribution in [0.5, 0.6) is 0 Å². The summed E-state index contributed by atoms with van der Waals surface area (Å²) in [7, 11) is -17.6. The fourth-order valence-corrected chi connectivity index (χ4v) is 9.62. The quantitative estimate of drug-likeness (QED) is 0.0389. The first-order chi connectivity index (χ1) is 33.6. The van der Waals surface area contributed by atoms with Crippen molar-refractivity contribution in [2.75, 3.05) is 37.8 Å². The van der Waals surface area contributed by atoms with E-state index in [1.54, 1.807) is 0 Å². The summed E-state index contributed by atoms with van der Waals surface area (Å²) in [5.41, 5.74) is 4.07. The summed E-state index contributed by atoms with van der Waals surface area (Å²) in [5.74, 6) is -1.22. The molecular formula is C43H62N7O17P3S-4. The lowest BCUT2D eigenvalue weighted by Gasteiger charge is -2.36. The second kappa shape index (κ2) is 30.9. The van der Waals surface area contributed by atoms with E-state index in [1.165, 1.54) is 13.8 Å². The number of rotatable bonds is 33. The van der Waals surface area contributed by atoms with Crippen LogP contribution in [0.2, 0.25) is 0 Å². The Morgan fingerprint density at radius 3 is 2.03 bits per heavy atom. The first-order valence-electron chi connectivity index (χ1n) is 22.4. The maximum Gasteiger partial charge on any atom is 0.274 e. The van der Waals surface area contributed by atoms with Gasteiger partial charge in [0.2, 0.25) is 11.8 Å². The van der Waals surface area contributed by atoms with Gasteiger partial charge in [0.15, 0.2) is 22.8 Å². The van der Waals surface area contributed by atoms with Crippen LogP contribution in [0, 0.1) is 5.41 Å². The molecule has 28 heteroatoms. The number of nitrogens with one attached hydrogen (secondary N) is 2. The molecule has 1 aliphatic heterocycles. The van der Waals surface area contributed by atoms with Crippen LogP contribution in [0.3, 0.4) is 0 Å². The largest absolute Gasteiger partial charge is 0.790 e. The molecule has 0 bridgehead atoms. The van der Waals surface area contributed by atoms with E-state index >= 15 is 0 Å². The van der Waals surface area contributed by atoms with Crippen LogP contribution in [0.15, 0.2) is 85.6 Å². The zero-order chi connectivity index (χ0) is 52.5. The molecule has 1 aliphatic rings. The molecule has 0 spiro atoms. The summed E-state index contributed by atoms with van der Waals surface area (Å²) in [4.78, 5) is 96.9. The average Bonchev–Trinajstić information content (AvgIpc) is 3.86. The number of aromatic nitrogens is 4. The highest BCUT2D eigenvalue weighted by Gasteiger charge is 2.47. The maximum atomic E-state index is 12.6. The Kier molecular flexibility index (Phi) is 26.7. The summed E-state index contributed by atoms with van der Waals surface area (Å²) in [5, 5.41) is 26.4. The van der Waals surface area contributed by atoms with Crippen LogP contribution < -0.4 is 35.9 Å². The third kappa shape index (κ3) is 23.6. The standard InChI is InChI=1S/C43H66N7O17P3S/c1-4-5-6-7-8-9-10-11-12-13-14-15-16-17-18-19-20-21-22-23-34(52)71-27-26-45-33(51)24-25-46-41(55)38(54)43(2,3)29-64-70(61,62)67-69(59,60)63-28-32-37(66-68(56,57)58)36(53)42(65-32)50-31-49-35-39(44)47-30-48-40(35)50/h5-6,8-9,11-12,14-15,17-18,20-21,30-32,36-38,42,53-54H,4,7,10,13,16,19,22-29H2,1-3H3,(H,45,51)(H,46,55)(H,59,60)(H,61,62)(H2,44,47,48)(H2,56,57,58)/p-4/b6-5-,9-8-,12-11-,15-14-,18-17-,21-20-/t32-,36-,37-,38+,42-/m1/s1. The molecule has 2 aromatic heterocycles. The predicted octanol–water partition coefficient (Wildman–Crippen LogP) is 2.61. The number of anilines is 1. The van der Waals surface area contributed by atoms with Gasteiger partial charge in [-0.15, -0.1) is 0 Å². The molecule has 6 N–H and O–H groups in total. The Bertz CT molecular complexity index is 2360. The van der Waals surface area contributed by atoms with Crippen LogP contribution >= 0.6 is 35.2 Å². The molecule has 2 amide bonds. The van der Waals surface area contributed by atoms with Gasteiger partial charge in [-0.25, -0.2) is 19.3 Å². The van der Waals surface area contributed by atoms with E-state index in [9.17, 15) is 57.9 Å². The smallest absolute Gasteiger partial charge is 0.274 e. The van der Waals surface area contributed by atoms with Gasteiger partial charge in [-0.2, -0.15) is 0 Å². The number of nitrogen functional groups attached to an aromatic ring is 1. The number of carbonyl (C=O) groups is 3. The number of carbonyl (C=O) groups excluding carboxylic acids is 3. The minimum Gasteiger partial charge on any atom is -0.790 e. The van der Waals surface area contributed by atoms with E-state index in [2.05, 4.69) is 111 Å². The first kappa shape index (κ1) is 61.3. The third-order valence-corrected chi connectivity index (χ3v) is 13.8. The number of hydrogen-bond acceptors (Lipinski definition) is 22. The fourth-order valence-electron chi connectivity index (χ4n) is 6.19. The lowest BCUT2D eigenvalue weighted by molar-refractivity contribution is -0.347. The molecule has 3 rings (SSSR count). The van der Waals surface area contributed by atoms with Gasteiger partial charge < -0.3 is 69.0 Å². The summed E-state index contributed by atoms with van der Waals surface area (Å²) in [6, 6.07) is 0. The predicted molar refractivity (Wildman–Crippen MR) is 256 cm³/mol. The number of ether oxygens (including phenoxy) is 1. The molecular weight excluding hydrogens is 1010 g/mol. The molecule has 0 radical (unpaired) electrons. The van der Waals surface area contributed by atoms with Gasteiger partial charge >= 0.3 is 0 Å². The van der Waals surface area contributed by atoms with Crippen molar-refractivity contribution in [3.63, 3.8) is 0 Å². The molecule has 0 saturated carbocycles. The van der Waals surface area contributed by atoms with Crippen molar-refractivity contribution in [3.05, 3.63) is 85.6 Å². The zero-order valence-corrected chi connectivity index (χ0v) is 43.0. The first-order valence-corrected chi connectivity index (χ1v) is 27.8. The normalized spacial score (nSPS) is 20.3. The van der Waals surface area contributed by atoms with Crippen LogP contribution in [-0.4, -0.2) is 103 Å². The molecule has 3 heterocycles. The van der Waals surface area contributed by atoms with Crippen molar-refractivity contribution in [2.24, 2.45) is 5.41 Å². The van der Waals surface area contributed by atoms with E-state index in [-0.39, 0.29) is 41.6 Å². The second-order valence-corrected chi connectivity index (χ2v) is 21.4. The Balaban J connectivity index is 1.29. The molecule has 2 aromatic rings. The van der Waals surface area contributed by atoms with Gasteiger partial charge in [0.05, 0.1) is 27.4 Å². The van der Waals surface area contributed by atoms with Crippen molar-refractivity contribution in [1.29, 1.82) is 0 Å². The Morgan fingerprint density at radius 2 is 1.44 bits per heavy atom. The van der Waals surface area contributed by atoms with Crippen LogP contribution in [-0.2, 0) is 50.7 Å². The number of nitrogens with two attached hydrogens (primary N) is 1. The summed E-state index contributed by atoms with van der Waals surface area (Å²) in [6.07, 6.45) is 24.1. The highest BCUT2D eigenvalue weighted by molar-refractivity contribution is 8.13. The molecule has 0 aromatic carbocycles.